The van der Waals surface area contributed by atoms with Crippen molar-refractivity contribution < 1.29 is 14.3 Å². The first kappa shape index (κ1) is 13.5. The van der Waals surface area contributed by atoms with Gasteiger partial charge in [0.1, 0.15) is 6.61 Å². The van der Waals surface area contributed by atoms with Crippen LogP contribution < -0.4 is 0 Å². The SMILES string of the molecule is COC=CC1CCCN1C(=O)OCc1ccccc1. The van der Waals surface area contributed by atoms with Crippen molar-refractivity contribution >= 4 is 6.09 Å². The minimum atomic E-state index is -0.257. The van der Waals surface area contributed by atoms with Crippen LogP contribution in [0.3, 0.4) is 0 Å². The van der Waals surface area contributed by atoms with Crippen molar-refractivity contribution in [3.63, 3.8) is 0 Å². The molecule has 0 aromatic heterocycles. The Bertz CT molecular complexity index is 430. The minimum Gasteiger partial charge on any atom is -0.505 e. The fraction of sp³-hybridized carbons (Fsp3) is 0.400. The number of hydrogen-bond donors (Lipinski definition) is 0. The summed E-state index contributed by atoms with van der Waals surface area (Å²) < 4.78 is 10.2. The molecule has 1 aliphatic heterocycles. The summed E-state index contributed by atoms with van der Waals surface area (Å²) in [5.74, 6) is 0. The number of benzene rings is 1. The van der Waals surface area contributed by atoms with Crippen LogP contribution in [0.2, 0.25) is 0 Å². The maximum Gasteiger partial charge on any atom is 0.410 e. The van der Waals surface area contributed by atoms with E-state index in [4.69, 9.17) is 9.47 Å². The summed E-state index contributed by atoms with van der Waals surface area (Å²) in [7, 11) is 1.60. The largest absolute Gasteiger partial charge is 0.505 e. The molecule has 0 bridgehead atoms. The average Bonchev–Trinajstić information content (AvgIpc) is 2.92. The molecular weight excluding hydrogens is 242 g/mol. The minimum absolute atomic E-state index is 0.0863. The predicted octanol–water partition coefficient (Wildman–Crippen LogP) is 2.95. The van der Waals surface area contributed by atoms with Gasteiger partial charge in [-0.2, -0.15) is 0 Å². The van der Waals surface area contributed by atoms with Gasteiger partial charge in [0.15, 0.2) is 0 Å². The molecule has 1 aromatic carbocycles. The molecule has 102 valence electrons. The molecule has 1 aliphatic rings. The van der Waals surface area contributed by atoms with E-state index >= 15 is 0 Å². The highest BCUT2D eigenvalue weighted by molar-refractivity contribution is 5.68. The van der Waals surface area contributed by atoms with Crippen molar-refractivity contribution in [1.82, 2.24) is 4.90 Å². The van der Waals surface area contributed by atoms with E-state index in [1.807, 2.05) is 36.4 Å². The zero-order valence-corrected chi connectivity index (χ0v) is 11.1. The highest BCUT2D eigenvalue weighted by Gasteiger charge is 2.28. The standard InChI is InChI=1S/C15H19NO3/c1-18-11-9-14-8-5-10-16(14)15(17)19-12-13-6-3-2-4-7-13/h2-4,6-7,9,11,14H,5,8,10,12H2,1H3. The van der Waals surface area contributed by atoms with Crippen LogP contribution in [-0.4, -0.2) is 30.7 Å². The molecule has 0 spiro atoms. The van der Waals surface area contributed by atoms with Crippen molar-refractivity contribution in [2.75, 3.05) is 13.7 Å². The van der Waals surface area contributed by atoms with Crippen LogP contribution in [0.5, 0.6) is 0 Å². The van der Waals surface area contributed by atoms with Gasteiger partial charge in [-0.25, -0.2) is 4.79 Å². The van der Waals surface area contributed by atoms with Crippen LogP contribution in [0.15, 0.2) is 42.7 Å². The fourth-order valence-electron chi connectivity index (χ4n) is 2.19. The molecule has 1 saturated heterocycles. The third-order valence-corrected chi connectivity index (χ3v) is 3.18. The van der Waals surface area contributed by atoms with Crippen LogP contribution in [0, 0.1) is 0 Å². The highest BCUT2D eigenvalue weighted by atomic mass is 16.6. The second kappa shape index (κ2) is 6.83. The Morgan fingerprint density at radius 3 is 2.95 bits per heavy atom. The van der Waals surface area contributed by atoms with Gasteiger partial charge in [0.25, 0.3) is 0 Å². The van der Waals surface area contributed by atoms with Crippen molar-refractivity contribution in [3.05, 3.63) is 48.2 Å². The topological polar surface area (TPSA) is 38.8 Å². The number of carbonyl (C=O) groups is 1. The molecule has 1 fully saturated rings. The number of nitrogens with zero attached hydrogens (tertiary/aromatic N) is 1. The van der Waals surface area contributed by atoms with Gasteiger partial charge in [-0.3, -0.25) is 0 Å². The van der Waals surface area contributed by atoms with Crippen molar-refractivity contribution in [1.29, 1.82) is 0 Å². The highest BCUT2D eigenvalue weighted by Crippen LogP contribution is 2.19. The van der Waals surface area contributed by atoms with Crippen molar-refractivity contribution in [2.45, 2.75) is 25.5 Å². The van der Waals surface area contributed by atoms with Gasteiger partial charge < -0.3 is 14.4 Å². The smallest absolute Gasteiger partial charge is 0.410 e. The Kier molecular flexibility index (Phi) is 4.84. The molecule has 0 radical (unpaired) electrons. The lowest BCUT2D eigenvalue weighted by Crippen LogP contribution is -2.34. The fourth-order valence-corrected chi connectivity index (χ4v) is 2.19. The molecule has 1 amide bonds. The molecule has 1 aromatic rings. The summed E-state index contributed by atoms with van der Waals surface area (Å²) in [6, 6.07) is 9.78. The molecule has 0 saturated carbocycles. The molecule has 1 unspecified atom stereocenters. The van der Waals surface area contributed by atoms with Crippen LogP contribution in [-0.2, 0) is 16.1 Å². The summed E-state index contributed by atoms with van der Waals surface area (Å²) in [6.07, 6.45) is 5.22. The average molecular weight is 261 g/mol. The monoisotopic (exact) mass is 261 g/mol. The normalized spacial score (nSPS) is 18.8. The van der Waals surface area contributed by atoms with E-state index in [-0.39, 0.29) is 12.1 Å². The quantitative estimate of drug-likeness (QED) is 0.782. The molecule has 1 atom stereocenters. The second-order valence-electron chi connectivity index (χ2n) is 4.51. The molecule has 1 heterocycles. The van der Waals surface area contributed by atoms with Crippen LogP contribution in [0.1, 0.15) is 18.4 Å². The van der Waals surface area contributed by atoms with Crippen molar-refractivity contribution in [2.24, 2.45) is 0 Å². The second-order valence-corrected chi connectivity index (χ2v) is 4.51. The first-order chi connectivity index (χ1) is 9.31. The van der Waals surface area contributed by atoms with Gasteiger partial charge in [-0.1, -0.05) is 30.3 Å². The van der Waals surface area contributed by atoms with E-state index in [0.29, 0.717) is 6.61 Å². The van der Waals surface area contributed by atoms with E-state index in [1.165, 1.54) is 0 Å². The number of methoxy groups -OCH3 is 1. The van der Waals surface area contributed by atoms with Crippen LogP contribution >= 0.6 is 0 Å². The first-order valence-corrected chi connectivity index (χ1v) is 6.48. The van der Waals surface area contributed by atoms with E-state index < -0.39 is 0 Å². The number of rotatable bonds is 4. The van der Waals surface area contributed by atoms with Crippen molar-refractivity contribution in [3.8, 4) is 0 Å². The molecule has 4 nitrogen and oxygen atoms in total. The van der Waals surface area contributed by atoms with E-state index in [0.717, 1.165) is 24.9 Å². The molecular formula is C15H19NO3. The van der Waals surface area contributed by atoms with Crippen LogP contribution in [0.4, 0.5) is 4.79 Å². The Labute approximate surface area is 113 Å². The number of likely N-dealkylation sites (tertiary alicyclic amines) is 1. The number of amides is 1. The Balaban J connectivity index is 1.87. The predicted molar refractivity (Wildman–Crippen MR) is 72.5 cm³/mol. The molecule has 19 heavy (non-hydrogen) atoms. The number of ether oxygens (including phenoxy) is 2. The summed E-state index contributed by atoms with van der Waals surface area (Å²) in [6.45, 7) is 1.06. The van der Waals surface area contributed by atoms with Gasteiger partial charge >= 0.3 is 6.09 Å². The summed E-state index contributed by atoms with van der Waals surface area (Å²) in [5, 5.41) is 0. The Morgan fingerprint density at radius 1 is 1.42 bits per heavy atom. The lowest BCUT2D eigenvalue weighted by atomic mass is 10.2. The summed E-state index contributed by atoms with van der Waals surface area (Å²) >= 11 is 0. The van der Waals surface area contributed by atoms with E-state index in [1.54, 1.807) is 18.3 Å². The van der Waals surface area contributed by atoms with Gasteiger partial charge in [-0.05, 0) is 24.5 Å². The van der Waals surface area contributed by atoms with Gasteiger partial charge in [0, 0.05) is 6.54 Å². The number of carbonyl (C=O) groups excluding carboxylic acids is 1. The maximum atomic E-state index is 12.0. The van der Waals surface area contributed by atoms with Gasteiger partial charge in [-0.15, -0.1) is 0 Å². The molecule has 0 N–H and O–H groups in total. The first-order valence-electron chi connectivity index (χ1n) is 6.48. The Morgan fingerprint density at radius 2 is 2.21 bits per heavy atom. The van der Waals surface area contributed by atoms with Crippen LogP contribution in [0.25, 0.3) is 0 Å². The van der Waals surface area contributed by atoms with Gasteiger partial charge in [0.2, 0.25) is 0 Å². The van der Waals surface area contributed by atoms with Gasteiger partial charge in [0.05, 0.1) is 19.4 Å². The maximum absolute atomic E-state index is 12.0. The molecule has 0 aliphatic carbocycles. The molecule has 4 heteroatoms. The third-order valence-electron chi connectivity index (χ3n) is 3.18. The summed E-state index contributed by atoms with van der Waals surface area (Å²) in [5.41, 5.74) is 0.999. The van der Waals surface area contributed by atoms with E-state index in [9.17, 15) is 4.79 Å². The number of hydrogen-bond acceptors (Lipinski definition) is 3. The van der Waals surface area contributed by atoms with E-state index in [2.05, 4.69) is 0 Å². The zero-order chi connectivity index (χ0) is 13.5. The molecule has 2 rings (SSSR count). The summed E-state index contributed by atoms with van der Waals surface area (Å²) in [4.78, 5) is 13.8. The zero-order valence-electron chi connectivity index (χ0n) is 11.1. The lowest BCUT2D eigenvalue weighted by molar-refractivity contribution is 0.0972. The Hall–Kier alpha value is -1.97. The lowest BCUT2D eigenvalue weighted by Gasteiger charge is -2.21. The third kappa shape index (κ3) is 3.74.